The van der Waals surface area contributed by atoms with E-state index in [2.05, 4.69) is 41.5 Å². The van der Waals surface area contributed by atoms with Crippen LogP contribution in [0, 0.1) is 18.8 Å². The number of amides is 1. The maximum Gasteiger partial charge on any atom is 0.251 e. The second-order valence-corrected chi connectivity index (χ2v) is 14.3. The highest BCUT2D eigenvalue weighted by molar-refractivity contribution is 7.23. The summed E-state index contributed by atoms with van der Waals surface area (Å²) in [7, 11) is 1.72. The molecule has 4 aromatic heterocycles. The lowest BCUT2D eigenvalue weighted by molar-refractivity contribution is 0.0639. The van der Waals surface area contributed by atoms with Gasteiger partial charge in [-0.1, -0.05) is 26.0 Å². The molecule has 1 atom stereocenters. The first-order valence-electron chi connectivity index (χ1n) is 16.9. The number of aryl methyl sites for hydroxylation is 2. The zero-order valence-electron chi connectivity index (χ0n) is 28.0. The summed E-state index contributed by atoms with van der Waals surface area (Å²) in [6, 6.07) is 10.5. The van der Waals surface area contributed by atoms with E-state index >= 15 is 0 Å². The highest BCUT2D eigenvalue weighted by Gasteiger charge is 2.31. The summed E-state index contributed by atoms with van der Waals surface area (Å²) in [5, 5.41) is 13.4. The molecule has 1 aliphatic heterocycles. The molecule has 0 unspecified atom stereocenters. The normalized spacial score (nSPS) is 16.5. The summed E-state index contributed by atoms with van der Waals surface area (Å²) in [4.78, 5) is 24.3. The monoisotopic (exact) mass is 666 g/mol. The van der Waals surface area contributed by atoms with Crippen molar-refractivity contribution in [1.29, 1.82) is 0 Å². The summed E-state index contributed by atoms with van der Waals surface area (Å²) >= 11 is 1.59. The second kappa shape index (κ2) is 13.6. The maximum absolute atomic E-state index is 13.5. The van der Waals surface area contributed by atoms with Gasteiger partial charge in [0.05, 0.1) is 40.4 Å². The Hall–Kier alpha value is -4.35. The van der Waals surface area contributed by atoms with Gasteiger partial charge in [-0.3, -0.25) is 9.78 Å². The third-order valence-corrected chi connectivity index (χ3v) is 10.7. The number of thiophene rings is 1. The van der Waals surface area contributed by atoms with E-state index in [1.54, 1.807) is 25.4 Å². The number of nitrogens with zero attached hydrogens (tertiary/aromatic N) is 4. The van der Waals surface area contributed by atoms with Gasteiger partial charge in [-0.2, -0.15) is 0 Å². The topological polar surface area (TPSA) is 138 Å². The fourth-order valence-electron chi connectivity index (χ4n) is 7.24. The van der Waals surface area contributed by atoms with E-state index in [1.165, 1.54) is 11.1 Å². The predicted molar refractivity (Wildman–Crippen MR) is 187 cm³/mol. The molecule has 3 N–H and O–H groups in total. The molecule has 0 bridgehead atoms. The van der Waals surface area contributed by atoms with E-state index in [-0.39, 0.29) is 12.0 Å². The molecule has 250 valence electrons. The summed E-state index contributed by atoms with van der Waals surface area (Å²) in [5.74, 6) is 2.80. The minimum absolute atomic E-state index is 0.104. The average molecular weight is 667 g/mol. The van der Waals surface area contributed by atoms with Gasteiger partial charge >= 0.3 is 0 Å². The van der Waals surface area contributed by atoms with Crippen molar-refractivity contribution >= 4 is 33.1 Å². The van der Waals surface area contributed by atoms with E-state index in [4.69, 9.17) is 29.6 Å². The summed E-state index contributed by atoms with van der Waals surface area (Å²) < 4.78 is 18.4. The van der Waals surface area contributed by atoms with Gasteiger partial charge in [-0.25, -0.2) is 4.98 Å². The molecule has 11 heteroatoms. The summed E-state index contributed by atoms with van der Waals surface area (Å²) in [5.41, 5.74) is 12.1. The highest BCUT2D eigenvalue weighted by atomic mass is 32.1. The largest absolute Gasteiger partial charge is 0.496 e. The number of benzene rings is 1. The lowest BCUT2D eigenvalue weighted by atomic mass is 9.89. The number of carbonyl (C=O) groups is 1. The van der Waals surface area contributed by atoms with E-state index in [1.807, 2.05) is 24.4 Å². The average Bonchev–Trinajstić information content (AvgIpc) is 3.82. The first-order chi connectivity index (χ1) is 23.3. The van der Waals surface area contributed by atoms with Crippen molar-refractivity contribution < 1.29 is 18.7 Å². The Labute approximate surface area is 284 Å². The van der Waals surface area contributed by atoms with Gasteiger partial charge in [0.15, 0.2) is 0 Å². The fraction of sp³-hybridized carbons (Fsp3) is 0.432. The number of aromatic nitrogens is 4. The van der Waals surface area contributed by atoms with Gasteiger partial charge in [0.25, 0.3) is 5.91 Å². The van der Waals surface area contributed by atoms with E-state index in [9.17, 15) is 4.79 Å². The fourth-order valence-corrected chi connectivity index (χ4v) is 8.40. The minimum Gasteiger partial charge on any atom is -0.496 e. The van der Waals surface area contributed by atoms with Gasteiger partial charge in [0.2, 0.25) is 11.8 Å². The molecule has 10 nitrogen and oxygen atoms in total. The molecular formula is C37H42N6O4S. The van der Waals surface area contributed by atoms with Crippen LogP contribution in [0.5, 0.6) is 5.75 Å². The second-order valence-electron chi connectivity index (χ2n) is 13.3. The number of carbonyl (C=O) groups excluding carboxylic acids is 1. The quantitative estimate of drug-likeness (QED) is 0.147. The number of rotatable bonds is 11. The number of nitrogens with one attached hydrogen (secondary N) is 1. The number of anilines is 1. The zero-order chi connectivity index (χ0) is 33.4. The lowest BCUT2D eigenvalue weighted by Gasteiger charge is -2.23. The molecule has 5 aromatic rings. The van der Waals surface area contributed by atoms with Gasteiger partial charge in [-0.05, 0) is 91.5 Å². The van der Waals surface area contributed by atoms with Crippen LogP contribution in [-0.4, -0.2) is 46.4 Å². The Morgan fingerprint density at radius 2 is 1.96 bits per heavy atom. The van der Waals surface area contributed by atoms with Gasteiger partial charge in [0, 0.05) is 36.8 Å². The van der Waals surface area contributed by atoms with Crippen LogP contribution in [0.1, 0.15) is 84.3 Å². The number of hydrogen-bond acceptors (Lipinski definition) is 10. The molecule has 1 amide bonds. The molecule has 5 heterocycles. The van der Waals surface area contributed by atoms with Crippen LogP contribution in [0.2, 0.25) is 0 Å². The molecule has 2 aliphatic rings. The number of fused-ring (bicyclic) bond motifs is 2. The van der Waals surface area contributed by atoms with Crippen molar-refractivity contribution in [2.45, 2.75) is 71.8 Å². The van der Waals surface area contributed by atoms with Crippen LogP contribution < -0.4 is 15.8 Å². The van der Waals surface area contributed by atoms with Crippen LogP contribution in [0.3, 0.4) is 0 Å². The van der Waals surface area contributed by atoms with Crippen molar-refractivity contribution in [3.63, 3.8) is 0 Å². The molecule has 1 fully saturated rings. The van der Waals surface area contributed by atoms with E-state index in [0.29, 0.717) is 52.9 Å². The lowest BCUT2D eigenvalue weighted by Crippen LogP contribution is -2.20. The molecule has 1 aliphatic carbocycles. The zero-order valence-corrected chi connectivity index (χ0v) is 28.8. The Balaban J connectivity index is 1.38. The predicted octanol–water partition coefficient (Wildman–Crippen LogP) is 7.48. The minimum atomic E-state index is -0.521. The highest BCUT2D eigenvalue weighted by Crippen LogP contribution is 2.46. The smallest absolute Gasteiger partial charge is 0.251 e. The van der Waals surface area contributed by atoms with Crippen LogP contribution in [-0.2, 0) is 24.0 Å². The number of hydrogen-bond donors (Lipinski definition) is 2. The number of pyridine rings is 2. The number of primary amides is 1. The van der Waals surface area contributed by atoms with Crippen LogP contribution in [0.25, 0.3) is 32.0 Å². The molecule has 7 rings (SSSR count). The third kappa shape index (κ3) is 6.28. The van der Waals surface area contributed by atoms with E-state index < -0.39 is 5.91 Å². The first-order valence-corrected chi connectivity index (χ1v) is 17.7. The van der Waals surface area contributed by atoms with Crippen LogP contribution in [0.4, 0.5) is 5.82 Å². The van der Waals surface area contributed by atoms with Crippen molar-refractivity contribution in [3.8, 4) is 27.6 Å². The van der Waals surface area contributed by atoms with Crippen molar-refractivity contribution in [2.24, 2.45) is 17.6 Å². The molecule has 48 heavy (non-hydrogen) atoms. The SMILES string of the molecule is COc1cccc2c1CC[C@H]2Nc1nccc2cc(-c3c(C(N)=O)c(CC(C)C)nc(CCC4CCOCC4)c3-c3nnc(C)o3)sc12. The Kier molecular flexibility index (Phi) is 9.15. The molecule has 0 saturated carbocycles. The summed E-state index contributed by atoms with van der Waals surface area (Å²) in [6.07, 6.45) is 8.03. The van der Waals surface area contributed by atoms with Gasteiger partial charge in [0.1, 0.15) is 11.6 Å². The Morgan fingerprint density at radius 1 is 1.12 bits per heavy atom. The molecule has 1 aromatic carbocycles. The molecule has 0 spiro atoms. The van der Waals surface area contributed by atoms with Crippen LogP contribution >= 0.6 is 11.3 Å². The van der Waals surface area contributed by atoms with Crippen molar-refractivity contribution in [2.75, 3.05) is 25.6 Å². The van der Waals surface area contributed by atoms with Crippen LogP contribution in [0.15, 0.2) is 40.9 Å². The Bertz CT molecular complexity index is 1960. The van der Waals surface area contributed by atoms with Crippen molar-refractivity contribution in [1.82, 2.24) is 20.2 Å². The summed E-state index contributed by atoms with van der Waals surface area (Å²) in [6.45, 7) is 7.59. The number of ether oxygens (including phenoxy) is 2. The van der Waals surface area contributed by atoms with E-state index in [0.717, 1.165) is 77.5 Å². The van der Waals surface area contributed by atoms with Crippen molar-refractivity contribution in [3.05, 3.63) is 70.5 Å². The van der Waals surface area contributed by atoms with Gasteiger partial charge < -0.3 is 24.9 Å². The first kappa shape index (κ1) is 32.2. The Morgan fingerprint density at radius 3 is 2.69 bits per heavy atom. The maximum atomic E-state index is 13.5. The standard InChI is InChI=1S/C37H42N6O4S/c1-20(2)18-28-31(35(38)44)33(32(37-43-42-21(3)47-37)27(40-28)10-8-22-13-16-46-17-14-22)30-19-23-12-15-39-36(34(23)48-30)41-26-11-9-25-24(26)6-5-7-29(25)45-4/h5-7,12,15,19-20,22,26H,8-11,13-14,16-18H2,1-4H3,(H2,38,44)(H,39,41)/t26-/m1/s1. The third-order valence-electron chi connectivity index (χ3n) is 9.50. The number of methoxy groups -OCH3 is 1. The van der Waals surface area contributed by atoms with Gasteiger partial charge in [-0.15, -0.1) is 21.5 Å². The molecule has 1 saturated heterocycles. The molecule has 0 radical (unpaired) electrons. The molecular weight excluding hydrogens is 625 g/mol. The number of nitrogens with two attached hydrogens (primary N) is 1.